The molecule has 0 heterocycles. The van der Waals surface area contributed by atoms with Gasteiger partial charge in [0, 0.05) is 30.6 Å². The predicted molar refractivity (Wildman–Crippen MR) is 92.8 cm³/mol. The molecule has 0 spiro atoms. The molecule has 1 aromatic rings. The van der Waals surface area contributed by atoms with E-state index in [1.807, 2.05) is 0 Å². The van der Waals surface area contributed by atoms with Crippen molar-refractivity contribution in [1.82, 2.24) is 4.90 Å². The van der Waals surface area contributed by atoms with Crippen molar-refractivity contribution in [2.45, 2.75) is 25.8 Å². The maximum absolute atomic E-state index is 12.8. The molecule has 7 nitrogen and oxygen atoms in total. The van der Waals surface area contributed by atoms with Crippen molar-refractivity contribution in [3.63, 3.8) is 0 Å². The predicted octanol–water partition coefficient (Wildman–Crippen LogP) is 1.92. The van der Waals surface area contributed by atoms with Gasteiger partial charge in [0.15, 0.2) is 6.29 Å². The molecule has 1 aromatic carbocycles. The van der Waals surface area contributed by atoms with E-state index in [2.05, 4.69) is 0 Å². The van der Waals surface area contributed by atoms with E-state index in [0.29, 0.717) is 11.9 Å². The van der Waals surface area contributed by atoms with Gasteiger partial charge in [0.1, 0.15) is 0 Å². The topological polar surface area (TPSA) is 101 Å². The number of carboxylic acid groups (broad SMARTS) is 1. The van der Waals surface area contributed by atoms with Crippen LogP contribution >= 0.6 is 0 Å². The summed E-state index contributed by atoms with van der Waals surface area (Å²) in [4.78, 5) is 48.9. The van der Waals surface area contributed by atoms with Crippen LogP contribution in [-0.2, 0) is 14.3 Å². The Kier molecular flexibility index (Phi) is 6.27. The molecule has 138 valence electrons. The van der Waals surface area contributed by atoms with Crippen molar-refractivity contribution >= 4 is 24.1 Å². The Bertz CT molecular complexity index is 754. The number of aliphatic carboxylic acids is 1. The van der Waals surface area contributed by atoms with Gasteiger partial charge in [-0.2, -0.15) is 0 Å². The zero-order valence-corrected chi connectivity index (χ0v) is 14.7. The van der Waals surface area contributed by atoms with Crippen LogP contribution in [0.4, 0.5) is 0 Å². The van der Waals surface area contributed by atoms with E-state index in [1.165, 1.54) is 24.1 Å². The van der Waals surface area contributed by atoms with E-state index >= 15 is 0 Å². The van der Waals surface area contributed by atoms with E-state index < -0.39 is 29.8 Å². The summed E-state index contributed by atoms with van der Waals surface area (Å²) in [6.45, 7) is 1.90. The third-order valence-electron chi connectivity index (χ3n) is 4.50. The molecule has 0 saturated heterocycles. The molecule has 0 fully saturated rings. The van der Waals surface area contributed by atoms with Gasteiger partial charge in [0.2, 0.25) is 0 Å². The highest BCUT2D eigenvalue weighted by Crippen LogP contribution is 2.30. The Labute approximate surface area is 151 Å². The number of esters is 1. The number of aldehydes is 1. The maximum atomic E-state index is 12.8. The molecular formula is C19H21NO6. The van der Waals surface area contributed by atoms with Gasteiger partial charge in [-0.05, 0) is 19.4 Å². The molecule has 26 heavy (non-hydrogen) atoms. The molecule has 1 amide bonds. The van der Waals surface area contributed by atoms with Crippen LogP contribution in [0.1, 0.15) is 40.5 Å². The molecule has 2 rings (SSSR count). The summed E-state index contributed by atoms with van der Waals surface area (Å²) in [5.41, 5.74) is 0.784. The third kappa shape index (κ3) is 3.99. The molecule has 0 radical (unpaired) electrons. The fourth-order valence-electron chi connectivity index (χ4n) is 3.08. The second-order valence-electron chi connectivity index (χ2n) is 6.02. The van der Waals surface area contributed by atoms with E-state index in [0.717, 1.165) is 0 Å². The number of hydrogen-bond acceptors (Lipinski definition) is 5. The molecule has 1 N–H and O–H groups in total. The highest BCUT2D eigenvalue weighted by atomic mass is 16.5. The molecule has 2 atom stereocenters. The van der Waals surface area contributed by atoms with Crippen molar-refractivity contribution in [3.05, 3.63) is 47.0 Å². The minimum absolute atomic E-state index is 0.0846. The van der Waals surface area contributed by atoms with Crippen LogP contribution in [0, 0.1) is 5.92 Å². The van der Waals surface area contributed by atoms with E-state index in [4.69, 9.17) is 4.74 Å². The quantitative estimate of drug-likeness (QED) is 0.615. The summed E-state index contributed by atoms with van der Waals surface area (Å²) in [7, 11) is 1.48. The highest BCUT2D eigenvalue weighted by molar-refractivity contribution is 6.01. The average molecular weight is 359 g/mol. The van der Waals surface area contributed by atoms with E-state index in [1.54, 1.807) is 25.1 Å². The number of carboxylic acids is 1. The molecule has 0 bridgehead atoms. The first-order chi connectivity index (χ1) is 12.4. The molecule has 0 unspecified atom stereocenters. The summed E-state index contributed by atoms with van der Waals surface area (Å²) in [5.74, 6) is -2.85. The number of rotatable bonds is 6. The van der Waals surface area contributed by atoms with Gasteiger partial charge >= 0.3 is 11.9 Å². The van der Waals surface area contributed by atoms with Crippen LogP contribution in [-0.4, -0.2) is 53.8 Å². The number of carbonyl (C=O) groups is 4. The second kappa shape index (κ2) is 8.42. The number of benzene rings is 1. The first-order valence-electron chi connectivity index (χ1n) is 8.31. The number of ether oxygens (including phenoxy) is 1. The molecule has 7 heteroatoms. The number of amides is 1. The number of hydrogen-bond donors (Lipinski definition) is 1. The van der Waals surface area contributed by atoms with Crippen molar-refractivity contribution in [2.24, 2.45) is 5.92 Å². The van der Waals surface area contributed by atoms with Gasteiger partial charge in [0.05, 0.1) is 18.1 Å². The summed E-state index contributed by atoms with van der Waals surface area (Å²) >= 11 is 0. The normalized spacial score (nSPS) is 19.2. The Balaban J connectivity index is 2.31. The van der Waals surface area contributed by atoms with Gasteiger partial charge in [0.25, 0.3) is 5.91 Å². The number of carbonyl (C=O) groups excluding carboxylic acids is 3. The van der Waals surface area contributed by atoms with Crippen LogP contribution < -0.4 is 0 Å². The van der Waals surface area contributed by atoms with E-state index in [9.17, 15) is 24.3 Å². The van der Waals surface area contributed by atoms with Gasteiger partial charge in [-0.3, -0.25) is 14.4 Å². The van der Waals surface area contributed by atoms with Crippen molar-refractivity contribution < 1.29 is 29.0 Å². The van der Waals surface area contributed by atoms with Crippen LogP contribution in [0.25, 0.3) is 0 Å². The first kappa shape index (κ1) is 19.4. The van der Waals surface area contributed by atoms with E-state index in [-0.39, 0.29) is 30.6 Å². The van der Waals surface area contributed by atoms with Crippen molar-refractivity contribution in [1.29, 1.82) is 0 Å². The van der Waals surface area contributed by atoms with Crippen molar-refractivity contribution in [2.75, 3.05) is 13.7 Å². The highest BCUT2D eigenvalue weighted by Gasteiger charge is 2.38. The Hall–Kier alpha value is -2.96. The Morgan fingerprint density at radius 1 is 1.31 bits per heavy atom. The zero-order valence-electron chi connectivity index (χ0n) is 14.7. The lowest BCUT2D eigenvalue weighted by atomic mass is 9.83. The minimum Gasteiger partial charge on any atom is -0.481 e. The smallest absolute Gasteiger partial charge is 0.333 e. The monoisotopic (exact) mass is 359 g/mol. The Morgan fingerprint density at radius 3 is 2.62 bits per heavy atom. The molecular weight excluding hydrogens is 338 g/mol. The minimum atomic E-state index is -1.04. The Morgan fingerprint density at radius 2 is 2.00 bits per heavy atom. The molecule has 1 aliphatic carbocycles. The van der Waals surface area contributed by atoms with Crippen molar-refractivity contribution in [3.8, 4) is 0 Å². The third-order valence-corrected chi connectivity index (χ3v) is 4.50. The lowest BCUT2D eigenvalue weighted by Crippen LogP contribution is -2.47. The van der Waals surface area contributed by atoms with Gasteiger partial charge in [-0.1, -0.05) is 24.3 Å². The first-order valence-corrected chi connectivity index (χ1v) is 8.31. The van der Waals surface area contributed by atoms with Gasteiger partial charge in [-0.25, -0.2) is 4.79 Å². The number of nitrogens with zero attached hydrogens (tertiary/aromatic N) is 1. The van der Waals surface area contributed by atoms with Crippen LogP contribution in [0.3, 0.4) is 0 Å². The summed E-state index contributed by atoms with van der Waals surface area (Å²) in [5, 5.41) is 9.50. The van der Waals surface area contributed by atoms with Crippen LogP contribution in [0.15, 0.2) is 35.9 Å². The fraction of sp³-hybridized carbons (Fsp3) is 0.368. The second-order valence-corrected chi connectivity index (χ2v) is 6.02. The van der Waals surface area contributed by atoms with Gasteiger partial charge in [-0.15, -0.1) is 0 Å². The lowest BCUT2D eigenvalue weighted by Gasteiger charge is -2.35. The van der Waals surface area contributed by atoms with Crippen LogP contribution in [0.2, 0.25) is 0 Å². The lowest BCUT2D eigenvalue weighted by molar-refractivity contribution is -0.145. The average Bonchev–Trinajstić information content (AvgIpc) is 2.66. The molecule has 1 aliphatic rings. The largest absolute Gasteiger partial charge is 0.481 e. The standard InChI is InChI=1S/C19H21NO6/c1-3-26-19(25)12-8-9-15(18(23)24)16(10-12)20(2)17(22)14-7-5-4-6-13(14)11-21/h4-8,11,15-16H,3,9-10H2,1-2H3,(H,23,24)/t15-,16-/m0/s1. The summed E-state index contributed by atoms with van der Waals surface area (Å²) < 4.78 is 4.98. The van der Waals surface area contributed by atoms with Crippen LogP contribution in [0.5, 0.6) is 0 Å². The zero-order chi connectivity index (χ0) is 19.3. The SMILES string of the molecule is CCOC(=O)C1=CC[C@H](C(=O)O)[C@@H](N(C)C(=O)c2ccccc2C=O)C1. The molecule has 0 aliphatic heterocycles. The maximum Gasteiger partial charge on any atom is 0.333 e. The number of allylic oxidation sites excluding steroid dienone is 1. The van der Waals surface area contributed by atoms with Gasteiger partial charge < -0.3 is 14.7 Å². The molecule has 0 saturated carbocycles. The summed E-state index contributed by atoms with van der Waals surface area (Å²) in [6, 6.07) is 5.59. The summed E-state index contributed by atoms with van der Waals surface area (Å²) in [6.07, 6.45) is 2.36. The fourth-order valence-corrected chi connectivity index (χ4v) is 3.08. The molecule has 0 aromatic heterocycles.